The Bertz CT molecular complexity index is 478. The van der Waals surface area contributed by atoms with Crippen molar-refractivity contribution in [3.05, 3.63) is 11.4 Å². The van der Waals surface area contributed by atoms with E-state index in [0.717, 1.165) is 5.69 Å². The summed E-state index contributed by atoms with van der Waals surface area (Å²) < 4.78 is 0. The number of likely N-dealkylation sites (N-methyl/N-ethyl adjacent to an activating group) is 2. The van der Waals surface area contributed by atoms with Crippen LogP contribution in [0.2, 0.25) is 0 Å². The number of aromatic amines is 1. The molecule has 0 unspecified atom stereocenters. The molecule has 0 bridgehead atoms. The zero-order valence-corrected chi connectivity index (χ0v) is 12.0. The second-order valence-electron chi connectivity index (χ2n) is 5.00. The van der Waals surface area contributed by atoms with Crippen molar-refractivity contribution >= 4 is 17.5 Å². The number of rotatable bonds is 4. The van der Waals surface area contributed by atoms with Crippen LogP contribution in [0.3, 0.4) is 0 Å². The van der Waals surface area contributed by atoms with Gasteiger partial charge in [0.2, 0.25) is 5.91 Å². The fourth-order valence-corrected chi connectivity index (χ4v) is 1.56. The normalized spacial score (nSPS) is 10.6. The van der Waals surface area contributed by atoms with Crippen molar-refractivity contribution in [3.63, 3.8) is 0 Å². The monoisotopic (exact) mass is 267 g/mol. The Morgan fingerprint density at radius 2 is 1.89 bits per heavy atom. The first kappa shape index (κ1) is 15.0. The molecule has 0 aliphatic heterocycles. The van der Waals surface area contributed by atoms with Crippen LogP contribution in [0.15, 0.2) is 0 Å². The highest BCUT2D eigenvalue weighted by molar-refractivity contribution is 5.99. The molecule has 0 aromatic carbocycles. The van der Waals surface area contributed by atoms with Crippen LogP contribution >= 0.6 is 0 Å². The molecule has 1 rings (SSSR count). The summed E-state index contributed by atoms with van der Waals surface area (Å²) in [6.45, 7) is 3.91. The molecule has 2 amide bonds. The fraction of sp³-hybridized carbons (Fsp3) is 0.583. The molecule has 106 valence electrons. The first-order valence-electron chi connectivity index (χ1n) is 6.05. The molecule has 0 atom stereocenters. The van der Waals surface area contributed by atoms with Gasteiger partial charge in [0.15, 0.2) is 5.69 Å². The summed E-state index contributed by atoms with van der Waals surface area (Å²) in [7, 11) is 4.83. The van der Waals surface area contributed by atoms with Gasteiger partial charge in [-0.15, -0.1) is 0 Å². The highest BCUT2D eigenvalue weighted by Gasteiger charge is 2.23. The Labute approximate surface area is 112 Å². The maximum absolute atomic E-state index is 12.2. The van der Waals surface area contributed by atoms with Gasteiger partial charge in [-0.3, -0.25) is 14.7 Å². The summed E-state index contributed by atoms with van der Waals surface area (Å²) >= 11 is 0. The topological polar surface area (TPSA) is 95.3 Å². The molecule has 19 heavy (non-hydrogen) atoms. The van der Waals surface area contributed by atoms with Crippen LogP contribution in [-0.4, -0.2) is 59.5 Å². The molecule has 1 aromatic rings. The SMILES string of the molecule is CC(C)c1[nH]nc(C(=O)N(C)CC(=O)N(C)C)c1N. The number of hydrogen-bond acceptors (Lipinski definition) is 4. The van der Waals surface area contributed by atoms with E-state index < -0.39 is 0 Å². The van der Waals surface area contributed by atoms with Gasteiger partial charge in [-0.05, 0) is 5.92 Å². The fourth-order valence-electron chi connectivity index (χ4n) is 1.56. The highest BCUT2D eigenvalue weighted by Crippen LogP contribution is 2.22. The number of H-pyrrole nitrogens is 1. The Morgan fingerprint density at radius 3 is 2.32 bits per heavy atom. The van der Waals surface area contributed by atoms with Gasteiger partial charge in [0.05, 0.1) is 17.9 Å². The lowest BCUT2D eigenvalue weighted by Crippen LogP contribution is -2.38. The molecule has 7 nitrogen and oxygen atoms in total. The summed E-state index contributed by atoms with van der Waals surface area (Å²) in [5, 5.41) is 6.71. The maximum atomic E-state index is 12.2. The van der Waals surface area contributed by atoms with Crippen molar-refractivity contribution in [2.45, 2.75) is 19.8 Å². The molecule has 0 aliphatic rings. The number of carbonyl (C=O) groups is 2. The average Bonchev–Trinajstić information content (AvgIpc) is 2.69. The molecule has 0 aliphatic carbocycles. The van der Waals surface area contributed by atoms with E-state index in [2.05, 4.69) is 10.2 Å². The van der Waals surface area contributed by atoms with Gasteiger partial charge in [-0.1, -0.05) is 13.8 Å². The van der Waals surface area contributed by atoms with Crippen molar-refractivity contribution in [1.29, 1.82) is 0 Å². The minimum Gasteiger partial charge on any atom is -0.395 e. The van der Waals surface area contributed by atoms with Gasteiger partial charge < -0.3 is 15.5 Å². The van der Waals surface area contributed by atoms with Crippen LogP contribution in [0.25, 0.3) is 0 Å². The van der Waals surface area contributed by atoms with Gasteiger partial charge in [0.1, 0.15) is 0 Å². The van der Waals surface area contributed by atoms with E-state index in [4.69, 9.17) is 5.73 Å². The number of hydrogen-bond donors (Lipinski definition) is 2. The largest absolute Gasteiger partial charge is 0.395 e. The molecular formula is C12H21N5O2. The molecule has 1 heterocycles. The Kier molecular flexibility index (Phi) is 4.52. The van der Waals surface area contributed by atoms with E-state index >= 15 is 0 Å². The molecule has 0 spiro atoms. The third-order valence-corrected chi connectivity index (χ3v) is 2.83. The number of nitrogens with one attached hydrogen (secondary N) is 1. The Hall–Kier alpha value is -2.05. The summed E-state index contributed by atoms with van der Waals surface area (Å²) in [6, 6.07) is 0. The van der Waals surface area contributed by atoms with E-state index in [1.165, 1.54) is 9.80 Å². The molecule has 7 heteroatoms. The summed E-state index contributed by atoms with van der Waals surface area (Å²) in [5.41, 5.74) is 7.14. The smallest absolute Gasteiger partial charge is 0.276 e. The molecule has 3 N–H and O–H groups in total. The summed E-state index contributed by atoms with van der Waals surface area (Å²) in [4.78, 5) is 26.4. The predicted octanol–water partition coefficient (Wildman–Crippen LogP) is 0.276. The Morgan fingerprint density at radius 1 is 1.32 bits per heavy atom. The van der Waals surface area contributed by atoms with Gasteiger partial charge in [-0.25, -0.2) is 0 Å². The second-order valence-corrected chi connectivity index (χ2v) is 5.00. The average molecular weight is 267 g/mol. The first-order chi connectivity index (χ1) is 8.75. The molecule has 0 fully saturated rings. The van der Waals surface area contributed by atoms with Gasteiger partial charge in [0, 0.05) is 21.1 Å². The minimum atomic E-state index is -0.365. The van der Waals surface area contributed by atoms with Crippen LogP contribution in [0.1, 0.15) is 35.9 Å². The molecule has 0 saturated carbocycles. The Balaban J connectivity index is 2.86. The number of aromatic nitrogens is 2. The van der Waals surface area contributed by atoms with Crippen LogP contribution in [0, 0.1) is 0 Å². The first-order valence-corrected chi connectivity index (χ1v) is 6.05. The van der Waals surface area contributed by atoms with Gasteiger partial charge >= 0.3 is 0 Å². The number of nitrogens with two attached hydrogens (primary N) is 1. The predicted molar refractivity (Wildman–Crippen MR) is 72.7 cm³/mol. The lowest BCUT2D eigenvalue weighted by atomic mass is 10.1. The van der Waals surface area contributed by atoms with E-state index in [1.807, 2.05) is 13.8 Å². The van der Waals surface area contributed by atoms with Gasteiger partial charge in [0.25, 0.3) is 5.91 Å². The van der Waals surface area contributed by atoms with E-state index in [-0.39, 0.29) is 30.0 Å². The molecule has 0 radical (unpaired) electrons. The zero-order valence-electron chi connectivity index (χ0n) is 12.0. The number of carbonyl (C=O) groups excluding carboxylic acids is 2. The summed E-state index contributed by atoms with van der Waals surface area (Å²) in [5.74, 6) is -0.368. The number of nitrogens with zero attached hydrogens (tertiary/aromatic N) is 3. The van der Waals surface area contributed by atoms with Crippen molar-refractivity contribution in [2.75, 3.05) is 33.4 Å². The zero-order chi connectivity index (χ0) is 14.7. The van der Waals surface area contributed by atoms with Crippen molar-refractivity contribution in [3.8, 4) is 0 Å². The minimum absolute atomic E-state index is 0.00482. The van der Waals surface area contributed by atoms with Crippen molar-refractivity contribution in [2.24, 2.45) is 0 Å². The van der Waals surface area contributed by atoms with Crippen LogP contribution in [0.4, 0.5) is 5.69 Å². The number of anilines is 1. The third kappa shape index (κ3) is 3.24. The number of nitrogen functional groups attached to an aromatic ring is 1. The van der Waals surface area contributed by atoms with E-state index in [9.17, 15) is 9.59 Å². The standard InChI is InChI=1S/C12H21N5O2/c1-7(2)10-9(13)11(15-14-10)12(19)17(5)6-8(18)16(3)4/h7H,6,13H2,1-5H3,(H,14,15). The molecular weight excluding hydrogens is 246 g/mol. The molecule has 0 saturated heterocycles. The van der Waals surface area contributed by atoms with E-state index in [0.29, 0.717) is 5.69 Å². The van der Waals surface area contributed by atoms with Crippen molar-refractivity contribution < 1.29 is 9.59 Å². The highest BCUT2D eigenvalue weighted by atomic mass is 16.2. The van der Waals surface area contributed by atoms with Crippen molar-refractivity contribution in [1.82, 2.24) is 20.0 Å². The van der Waals surface area contributed by atoms with E-state index in [1.54, 1.807) is 21.1 Å². The lowest BCUT2D eigenvalue weighted by molar-refractivity contribution is -0.129. The quantitative estimate of drug-likeness (QED) is 0.818. The third-order valence-electron chi connectivity index (χ3n) is 2.83. The maximum Gasteiger partial charge on any atom is 0.276 e. The molecule has 1 aromatic heterocycles. The number of amides is 2. The summed E-state index contributed by atoms with van der Waals surface area (Å²) in [6.07, 6.45) is 0. The lowest BCUT2D eigenvalue weighted by Gasteiger charge is -2.18. The van der Waals surface area contributed by atoms with Gasteiger partial charge in [-0.2, -0.15) is 5.10 Å². The van der Waals surface area contributed by atoms with Crippen LogP contribution in [-0.2, 0) is 4.79 Å². The second kappa shape index (κ2) is 5.73. The van der Waals surface area contributed by atoms with Crippen LogP contribution in [0.5, 0.6) is 0 Å². The van der Waals surface area contributed by atoms with Crippen LogP contribution < -0.4 is 5.73 Å².